The van der Waals surface area contributed by atoms with Crippen molar-refractivity contribution < 1.29 is 0 Å². The van der Waals surface area contributed by atoms with Gasteiger partial charge in [-0.15, -0.1) is 0 Å². The highest BCUT2D eigenvalue weighted by atomic mass is 15.2. The van der Waals surface area contributed by atoms with E-state index in [2.05, 4.69) is 59.7 Å². The fraction of sp³-hybridized carbons (Fsp3) is 0.600. The van der Waals surface area contributed by atoms with Crippen LogP contribution in [0.4, 0.5) is 0 Å². The quantitative estimate of drug-likeness (QED) is 0.767. The van der Waals surface area contributed by atoms with E-state index in [1.807, 2.05) is 0 Å². The van der Waals surface area contributed by atoms with Crippen molar-refractivity contribution in [3.8, 4) is 0 Å². The second-order valence-electron chi connectivity index (χ2n) is 4.91. The molecule has 1 fully saturated rings. The van der Waals surface area contributed by atoms with Crippen LogP contribution >= 0.6 is 0 Å². The average molecular weight is 247 g/mol. The normalized spacial score (nSPS) is 17.7. The van der Waals surface area contributed by atoms with E-state index < -0.39 is 0 Å². The Morgan fingerprint density at radius 1 is 1.22 bits per heavy atom. The molecule has 100 valence electrons. The van der Waals surface area contributed by atoms with Crippen molar-refractivity contribution in [2.45, 2.75) is 25.9 Å². The van der Waals surface area contributed by atoms with E-state index in [1.165, 1.54) is 5.56 Å². The molecule has 1 aromatic carbocycles. The van der Waals surface area contributed by atoms with Gasteiger partial charge in [0.05, 0.1) is 0 Å². The zero-order valence-electron chi connectivity index (χ0n) is 11.5. The summed E-state index contributed by atoms with van der Waals surface area (Å²) in [6, 6.07) is 12.0. The lowest BCUT2D eigenvalue weighted by molar-refractivity contribution is 0.201. The summed E-state index contributed by atoms with van der Waals surface area (Å²) in [4.78, 5) is 2.52. The Morgan fingerprint density at radius 3 is 2.39 bits per heavy atom. The molecule has 0 saturated carbocycles. The molecule has 2 rings (SSSR count). The van der Waals surface area contributed by atoms with Crippen LogP contribution in [-0.4, -0.2) is 43.7 Å². The van der Waals surface area contributed by atoms with E-state index in [9.17, 15) is 0 Å². The van der Waals surface area contributed by atoms with Crippen LogP contribution in [0.1, 0.15) is 25.5 Å². The lowest BCUT2D eigenvalue weighted by atomic mass is 10.0. The van der Waals surface area contributed by atoms with Gasteiger partial charge in [0.15, 0.2) is 0 Å². The van der Waals surface area contributed by atoms with Crippen LogP contribution in [0.5, 0.6) is 0 Å². The van der Waals surface area contributed by atoms with Crippen LogP contribution in [0, 0.1) is 0 Å². The fourth-order valence-corrected chi connectivity index (χ4v) is 2.51. The third-order valence-electron chi connectivity index (χ3n) is 3.82. The zero-order chi connectivity index (χ0) is 12.8. The molecule has 0 aromatic heterocycles. The van der Waals surface area contributed by atoms with Crippen molar-refractivity contribution in [1.29, 1.82) is 0 Å². The molecular formula is C15H25N3. The first-order valence-electron chi connectivity index (χ1n) is 7.08. The van der Waals surface area contributed by atoms with E-state index in [-0.39, 0.29) is 0 Å². The number of likely N-dealkylation sites (N-methyl/N-ethyl adjacent to an activating group) is 1. The van der Waals surface area contributed by atoms with Gasteiger partial charge in [0.2, 0.25) is 0 Å². The number of rotatable bonds is 7. The Morgan fingerprint density at radius 2 is 1.89 bits per heavy atom. The number of benzene rings is 1. The molecule has 3 heteroatoms. The lowest BCUT2D eigenvalue weighted by Crippen LogP contribution is -2.56. The van der Waals surface area contributed by atoms with Crippen LogP contribution in [-0.2, 0) is 0 Å². The van der Waals surface area contributed by atoms with Crippen molar-refractivity contribution in [2.75, 3.05) is 32.7 Å². The lowest BCUT2D eigenvalue weighted by Gasteiger charge is -2.34. The molecule has 2 N–H and O–H groups in total. The SMILES string of the molecule is CCN(CC)C(CNC1CNC1)c1ccccc1. The van der Waals surface area contributed by atoms with Crippen LogP contribution in [0.2, 0.25) is 0 Å². The summed E-state index contributed by atoms with van der Waals surface area (Å²) in [5.74, 6) is 0. The summed E-state index contributed by atoms with van der Waals surface area (Å²) in [6.07, 6.45) is 0. The smallest absolute Gasteiger partial charge is 0.0472 e. The third-order valence-corrected chi connectivity index (χ3v) is 3.82. The fourth-order valence-electron chi connectivity index (χ4n) is 2.51. The van der Waals surface area contributed by atoms with Crippen molar-refractivity contribution in [2.24, 2.45) is 0 Å². The Balaban J connectivity index is 2.01. The van der Waals surface area contributed by atoms with Gasteiger partial charge in [-0.3, -0.25) is 4.90 Å². The number of hydrogen-bond acceptors (Lipinski definition) is 3. The molecule has 0 radical (unpaired) electrons. The number of nitrogens with zero attached hydrogens (tertiary/aromatic N) is 1. The molecular weight excluding hydrogens is 222 g/mol. The summed E-state index contributed by atoms with van der Waals surface area (Å²) < 4.78 is 0. The molecule has 1 aliphatic rings. The molecule has 3 nitrogen and oxygen atoms in total. The van der Waals surface area contributed by atoms with Gasteiger partial charge in [0, 0.05) is 31.7 Å². The maximum Gasteiger partial charge on any atom is 0.0472 e. The highest BCUT2D eigenvalue weighted by Crippen LogP contribution is 2.19. The molecule has 18 heavy (non-hydrogen) atoms. The Labute approximate surface area is 111 Å². The predicted octanol–water partition coefficient (Wildman–Crippen LogP) is 1.63. The van der Waals surface area contributed by atoms with Gasteiger partial charge in [0.25, 0.3) is 0 Å². The first kappa shape index (κ1) is 13.5. The molecule has 0 amide bonds. The van der Waals surface area contributed by atoms with Gasteiger partial charge in [-0.05, 0) is 18.7 Å². The minimum absolute atomic E-state index is 0.488. The largest absolute Gasteiger partial charge is 0.314 e. The average Bonchev–Trinajstić information content (AvgIpc) is 2.37. The van der Waals surface area contributed by atoms with Crippen LogP contribution < -0.4 is 10.6 Å². The van der Waals surface area contributed by atoms with E-state index in [1.54, 1.807) is 0 Å². The molecule has 1 aromatic rings. The van der Waals surface area contributed by atoms with Gasteiger partial charge in [-0.25, -0.2) is 0 Å². The van der Waals surface area contributed by atoms with Crippen LogP contribution in [0.25, 0.3) is 0 Å². The molecule has 0 spiro atoms. The summed E-state index contributed by atoms with van der Waals surface area (Å²) in [7, 11) is 0. The maximum absolute atomic E-state index is 3.66. The summed E-state index contributed by atoms with van der Waals surface area (Å²) in [5.41, 5.74) is 1.42. The Kier molecular flexibility index (Phi) is 5.17. The van der Waals surface area contributed by atoms with Crippen LogP contribution in [0.15, 0.2) is 30.3 Å². The van der Waals surface area contributed by atoms with Gasteiger partial charge in [-0.1, -0.05) is 44.2 Å². The van der Waals surface area contributed by atoms with Gasteiger partial charge in [0.1, 0.15) is 0 Å². The molecule has 0 bridgehead atoms. The Bertz CT molecular complexity index is 331. The second kappa shape index (κ2) is 6.88. The van der Waals surface area contributed by atoms with Gasteiger partial charge < -0.3 is 10.6 Å². The first-order chi connectivity index (χ1) is 8.85. The highest BCUT2D eigenvalue weighted by molar-refractivity contribution is 5.19. The number of hydrogen-bond donors (Lipinski definition) is 2. The molecule has 1 saturated heterocycles. The second-order valence-corrected chi connectivity index (χ2v) is 4.91. The van der Waals surface area contributed by atoms with Crippen molar-refractivity contribution >= 4 is 0 Å². The topological polar surface area (TPSA) is 27.3 Å². The van der Waals surface area contributed by atoms with Gasteiger partial charge in [-0.2, -0.15) is 0 Å². The maximum atomic E-state index is 3.66. The minimum Gasteiger partial charge on any atom is -0.314 e. The number of nitrogens with one attached hydrogen (secondary N) is 2. The molecule has 1 atom stereocenters. The molecule has 1 unspecified atom stereocenters. The zero-order valence-corrected chi connectivity index (χ0v) is 11.5. The third kappa shape index (κ3) is 3.31. The summed E-state index contributed by atoms with van der Waals surface area (Å²) in [6.45, 7) is 9.94. The van der Waals surface area contributed by atoms with E-state index in [0.29, 0.717) is 12.1 Å². The molecule has 1 aliphatic heterocycles. The highest BCUT2D eigenvalue weighted by Gasteiger charge is 2.21. The van der Waals surface area contributed by atoms with Crippen molar-refractivity contribution in [3.05, 3.63) is 35.9 Å². The first-order valence-corrected chi connectivity index (χ1v) is 7.08. The van der Waals surface area contributed by atoms with E-state index in [4.69, 9.17) is 0 Å². The van der Waals surface area contributed by atoms with E-state index in [0.717, 1.165) is 32.7 Å². The predicted molar refractivity (Wildman–Crippen MR) is 76.8 cm³/mol. The molecule has 1 heterocycles. The summed E-state index contributed by atoms with van der Waals surface area (Å²) in [5, 5.41) is 6.97. The summed E-state index contributed by atoms with van der Waals surface area (Å²) >= 11 is 0. The van der Waals surface area contributed by atoms with Crippen LogP contribution in [0.3, 0.4) is 0 Å². The monoisotopic (exact) mass is 247 g/mol. The van der Waals surface area contributed by atoms with Crippen molar-refractivity contribution in [1.82, 2.24) is 15.5 Å². The Hall–Kier alpha value is -0.900. The standard InChI is InChI=1S/C15H25N3/c1-3-18(4-2)15(12-17-14-10-16-11-14)13-8-6-5-7-9-13/h5-9,14-17H,3-4,10-12H2,1-2H3. The molecule has 0 aliphatic carbocycles. The van der Waals surface area contributed by atoms with E-state index >= 15 is 0 Å². The van der Waals surface area contributed by atoms with Gasteiger partial charge >= 0.3 is 0 Å². The van der Waals surface area contributed by atoms with Crippen molar-refractivity contribution in [3.63, 3.8) is 0 Å². The minimum atomic E-state index is 0.488.